The molecule has 3 rings (SSSR count). The number of halogens is 1. The highest BCUT2D eigenvalue weighted by Gasteiger charge is 2.36. The Morgan fingerprint density at radius 3 is 2.60 bits per heavy atom. The molecular formula is C22H23BrN2O5. The molecule has 1 N–H and O–H groups in total. The van der Waals surface area contributed by atoms with Crippen LogP contribution in [0, 0.1) is 12.8 Å². The molecule has 1 aliphatic heterocycles. The summed E-state index contributed by atoms with van der Waals surface area (Å²) in [6, 6.07) is 12.5. The molecule has 2 aromatic rings. The van der Waals surface area contributed by atoms with E-state index < -0.39 is 24.4 Å². The molecule has 2 amide bonds. The van der Waals surface area contributed by atoms with Crippen molar-refractivity contribution in [3.8, 4) is 5.75 Å². The van der Waals surface area contributed by atoms with Crippen molar-refractivity contribution in [2.45, 2.75) is 20.3 Å². The molecule has 1 aliphatic rings. The second-order valence-electron chi connectivity index (χ2n) is 6.95. The zero-order valence-corrected chi connectivity index (χ0v) is 18.4. The van der Waals surface area contributed by atoms with E-state index in [9.17, 15) is 14.4 Å². The number of carbonyl (C=O) groups is 3. The van der Waals surface area contributed by atoms with Crippen LogP contribution < -0.4 is 15.0 Å². The monoisotopic (exact) mass is 474 g/mol. The van der Waals surface area contributed by atoms with E-state index in [2.05, 4.69) is 21.2 Å². The van der Waals surface area contributed by atoms with Crippen molar-refractivity contribution < 1.29 is 23.9 Å². The van der Waals surface area contributed by atoms with Crippen molar-refractivity contribution in [2.24, 2.45) is 5.92 Å². The lowest BCUT2D eigenvalue weighted by atomic mass is 10.1. The van der Waals surface area contributed by atoms with E-state index >= 15 is 0 Å². The number of ether oxygens (including phenoxy) is 2. The maximum absolute atomic E-state index is 12.4. The summed E-state index contributed by atoms with van der Waals surface area (Å²) >= 11 is 3.40. The Morgan fingerprint density at radius 2 is 1.93 bits per heavy atom. The van der Waals surface area contributed by atoms with Gasteiger partial charge in [0, 0.05) is 28.8 Å². The van der Waals surface area contributed by atoms with Gasteiger partial charge >= 0.3 is 5.97 Å². The van der Waals surface area contributed by atoms with Crippen LogP contribution in [0.1, 0.15) is 18.9 Å². The zero-order valence-electron chi connectivity index (χ0n) is 16.8. The summed E-state index contributed by atoms with van der Waals surface area (Å²) in [6.07, 6.45) is 0.0551. The number of esters is 1. The van der Waals surface area contributed by atoms with E-state index in [1.54, 1.807) is 35.2 Å². The first kappa shape index (κ1) is 21.8. The highest BCUT2D eigenvalue weighted by atomic mass is 79.9. The third kappa shape index (κ3) is 5.38. The Bertz CT molecular complexity index is 945. The molecular weight excluding hydrogens is 452 g/mol. The number of nitrogens with one attached hydrogen (secondary N) is 1. The van der Waals surface area contributed by atoms with Crippen molar-refractivity contribution in [1.82, 2.24) is 0 Å². The molecule has 1 saturated heterocycles. The second-order valence-corrected chi connectivity index (χ2v) is 7.81. The van der Waals surface area contributed by atoms with E-state index in [1.165, 1.54) is 0 Å². The standard InChI is InChI=1S/C22H23BrN2O5/c1-3-29-18-7-5-17(6-8-18)25-12-15(11-21(25)27)22(28)30-13-20(26)24-16-4-9-19(23)14(2)10-16/h4-10,15H,3,11-13H2,1-2H3,(H,24,26). The molecule has 1 heterocycles. The number of benzene rings is 2. The van der Waals surface area contributed by atoms with Gasteiger partial charge in [0.1, 0.15) is 5.75 Å². The molecule has 1 unspecified atom stereocenters. The average molecular weight is 475 g/mol. The van der Waals surface area contributed by atoms with Gasteiger partial charge in [-0.25, -0.2) is 0 Å². The summed E-state index contributed by atoms with van der Waals surface area (Å²) in [5.74, 6) is -1.03. The van der Waals surface area contributed by atoms with Gasteiger partial charge in [-0.1, -0.05) is 15.9 Å². The SMILES string of the molecule is CCOc1ccc(N2CC(C(=O)OCC(=O)Nc3ccc(Br)c(C)c3)CC2=O)cc1. The van der Waals surface area contributed by atoms with Crippen LogP contribution in [0.15, 0.2) is 46.9 Å². The molecule has 158 valence electrons. The molecule has 0 saturated carbocycles. The first-order valence-electron chi connectivity index (χ1n) is 9.63. The lowest BCUT2D eigenvalue weighted by Crippen LogP contribution is -2.28. The number of carbonyl (C=O) groups excluding carboxylic acids is 3. The molecule has 2 aromatic carbocycles. The minimum absolute atomic E-state index is 0.0551. The summed E-state index contributed by atoms with van der Waals surface area (Å²) in [6.45, 7) is 4.19. The minimum atomic E-state index is -0.605. The third-order valence-corrected chi connectivity index (χ3v) is 5.59. The first-order valence-corrected chi connectivity index (χ1v) is 10.4. The Balaban J connectivity index is 1.51. The number of aryl methyl sites for hydroxylation is 1. The summed E-state index contributed by atoms with van der Waals surface area (Å²) in [5.41, 5.74) is 2.29. The maximum atomic E-state index is 12.4. The number of amides is 2. The van der Waals surface area contributed by atoms with Gasteiger partial charge in [-0.2, -0.15) is 0 Å². The van der Waals surface area contributed by atoms with Crippen LogP contribution in [0.3, 0.4) is 0 Å². The molecule has 0 radical (unpaired) electrons. The molecule has 0 aliphatic carbocycles. The van der Waals surface area contributed by atoms with Crippen LogP contribution in [0.5, 0.6) is 5.75 Å². The van der Waals surface area contributed by atoms with Crippen LogP contribution in [0.25, 0.3) is 0 Å². The van der Waals surface area contributed by atoms with Crippen LogP contribution in [-0.4, -0.2) is 37.5 Å². The molecule has 8 heteroatoms. The van der Waals surface area contributed by atoms with Gasteiger partial charge in [0.2, 0.25) is 5.91 Å². The fourth-order valence-electron chi connectivity index (χ4n) is 3.18. The Morgan fingerprint density at radius 1 is 1.20 bits per heavy atom. The number of rotatable bonds is 7. The van der Waals surface area contributed by atoms with Crippen LogP contribution in [0.2, 0.25) is 0 Å². The quantitative estimate of drug-likeness (QED) is 0.618. The Hall–Kier alpha value is -2.87. The normalized spacial score (nSPS) is 15.8. The summed E-state index contributed by atoms with van der Waals surface area (Å²) in [4.78, 5) is 38.3. The van der Waals surface area contributed by atoms with Gasteiger partial charge in [-0.05, 0) is 61.9 Å². The molecule has 0 bridgehead atoms. The van der Waals surface area contributed by atoms with Gasteiger partial charge in [-0.15, -0.1) is 0 Å². The van der Waals surface area contributed by atoms with Gasteiger partial charge in [0.15, 0.2) is 6.61 Å². The number of hydrogen-bond donors (Lipinski definition) is 1. The van der Waals surface area contributed by atoms with Crippen molar-refractivity contribution in [2.75, 3.05) is 30.0 Å². The van der Waals surface area contributed by atoms with E-state index in [-0.39, 0.29) is 18.9 Å². The van der Waals surface area contributed by atoms with Crippen molar-refractivity contribution in [3.05, 3.63) is 52.5 Å². The molecule has 7 nitrogen and oxygen atoms in total. The van der Waals surface area contributed by atoms with Crippen molar-refractivity contribution in [3.63, 3.8) is 0 Å². The molecule has 1 atom stereocenters. The highest BCUT2D eigenvalue weighted by Crippen LogP contribution is 2.27. The van der Waals surface area contributed by atoms with Gasteiger partial charge in [0.25, 0.3) is 5.91 Å². The fourth-order valence-corrected chi connectivity index (χ4v) is 3.42. The summed E-state index contributed by atoms with van der Waals surface area (Å²) in [5, 5.41) is 2.69. The largest absolute Gasteiger partial charge is 0.494 e. The summed E-state index contributed by atoms with van der Waals surface area (Å²) in [7, 11) is 0. The van der Waals surface area contributed by atoms with E-state index in [1.807, 2.05) is 26.0 Å². The molecule has 0 aromatic heterocycles. The fraction of sp³-hybridized carbons (Fsp3) is 0.318. The third-order valence-electron chi connectivity index (χ3n) is 4.70. The predicted molar refractivity (Wildman–Crippen MR) is 117 cm³/mol. The van der Waals surface area contributed by atoms with Crippen molar-refractivity contribution >= 4 is 45.1 Å². The minimum Gasteiger partial charge on any atom is -0.494 e. The lowest BCUT2D eigenvalue weighted by molar-refractivity contribution is -0.151. The van der Waals surface area contributed by atoms with Crippen LogP contribution in [0.4, 0.5) is 11.4 Å². The number of hydrogen-bond acceptors (Lipinski definition) is 5. The van der Waals surface area contributed by atoms with E-state index in [0.29, 0.717) is 18.0 Å². The molecule has 30 heavy (non-hydrogen) atoms. The maximum Gasteiger partial charge on any atom is 0.311 e. The average Bonchev–Trinajstić information content (AvgIpc) is 3.11. The van der Waals surface area contributed by atoms with E-state index in [0.717, 1.165) is 15.8 Å². The predicted octanol–water partition coefficient (Wildman–Crippen LogP) is 3.69. The molecule has 0 spiro atoms. The first-order chi connectivity index (χ1) is 14.4. The molecule has 1 fully saturated rings. The van der Waals surface area contributed by atoms with Crippen LogP contribution in [-0.2, 0) is 19.1 Å². The van der Waals surface area contributed by atoms with Crippen LogP contribution >= 0.6 is 15.9 Å². The van der Waals surface area contributed by atoms with Gasteiger partial charge in [0.05, 0.1) is 12.5 Å². The van der Waals surface area contributed by atoms with Crippen molar-refractivity contribution in [1.29, 1.82) is 0 Å². The zero-order chi connectivity index (χ0) is 21.7. The van der Waals surface area contributed by atoms with Gasteiger partial charge in [-0.3, -0.25) is 14.4 Å². The summed E-state index contributed by atoms with van der Waals surface area (Å²) < 4.78 is 11.5. The lowest BCUT2D eigenvalue weighted by Gasteiger charge is -2.17. The Labute approximate surface area is 183 Å². The second kappa shape index (κ2) is 9.75. The number of anilines is 2. The van der Waals surface area contributed by atoms with Gasteiger partial charge < -0.3 is 19.7 Å². The topological polar surface area (TPSA) is 84.9 Å². The smallest absolute Gasteiger partial charge is 0.311 e. The van der Waals surface area contributed by atoms with E-state index in [4.69, 9.17) is 9.47 Å². The Kier molecular flexibility index (Phi) is 7.10. The highest BCUT2D eigenvalue weighted by molar-refractivity contribution is 9.10. The number of nitrogens with zero attached hydrogens (tertiary/aromatic N) is 1.